The minimum absolute atomic E-state index is 0.0913. The van der Waals surface area contributed by atoms with Crippen molar-refractivity contribution in [2.75, 3.05) is 23.3 Å². The molecule has 0 aliphatic heterocycles. The van der Waals surface area contributed by atoms with Gasteiger partial charge in [-0.05, 0) is 51.5 Å². The van der Waals surface area contributed by atoms with Crippen molar-refractivity contribution in [1.29, 1.82) is 0 Å². The molecule has 5 heteroatoms. The molecule has 0 aromatic heterocycles. The zero-order valence-corrected chi connectivity index (χ0v) is 14.0. The second kappa shape index (κ2) is 9.07. The van der Waals surface area contributed by atoms with Gasteiger partial charge >= 0.3 is 0 Å². The molecule has 0 aliphatic rings. The molecule has 0 saturated heterocycles. The molecule has 1 unspecified atom stereocenters. The normalized spacial score (nSPS) is 11.6. The van der Waals surface area contributed by atoms with Crippen molar-refractivity contribution in [2.24, 2.45) is 0 Å². The second-order valence-electron chi connectivity index (χ2n) is 5.32. The molecule has 0 heterocycles. The molecule has 122 valence electrons. The summed E-state index contributed by atoms with van der Waals surface area (Å²) in [5.41, 5.74) is 1.83. The van der Waals surface area contributed by atoms with Gasteiger partial charge < -0.3 is 15.5 Å². The van der Waals surface area contributed by atoms with Crippen molar-refractivity contribution < 1.29 is 9.59 Å². The molecule has 0 saturated carbocycles. The molecular formula is C17H27N3O2. The van der Waals surface area contributed by atoms with Gasteiger partial charge in [-0.3, -0.25) is 9.59 Å². The fourth-order valence-corrected chi connectivity index (χ4v) is 2.12. The Bertz CT molecular complexity index is 481. The molecule has 1 rings (SSSR count). The molecular weight excluding hydrogens is 278 g/mol. The van der Waals surface area contributed by atoms with Gasteiger partial charge in [0.1, 0.15) is 6.42 Å². The van der Waals surface area contributed by atoms with Crippen LogP contribution in [0.5, 0.6) is 0 Å². The zero-order valence-electron chi connectivity index (χ0n) is 14.0. The number of carbonyl (C=O) groups excluding carboxylic acids is 2. The van der Waals surface area contributed by atoms with Gasteiger partial charge in [-0.1, -0.05) is 6.92 Å². The van der Waals surface area contributed by atoms with Gasteiger partial charge in [0, 0.05) is 30.5 Å². The van der Waals surface area contributed by atoms with Crippen molar-refractivity contribution in [2.45, 2.75) is 46.6 Å². The fourth-order valence-electron chi connectivity index (χ4n) is 2.12. The smallest absolute Gasteiger partial charge is 0.233 e. The van der Waals surface area contributed by atoms with E-state index < -0.39 is 0 Å². The highest BCUT2D eigenvalue weighted by Crippen LogP contribution is 2.17. The van der Waals surface area contributed by atoms with E-state index in [0.717, 1.165) is 25.2 Å². The number of anilines is 2. The van der Waals surface area contributed by atoms with Crippen molar-refractivity contribution in [1.82, 2.24) is 5.32 Å². The van der Waals surface area contributed by atoms with E-state index in [2.05, 4.69) is 29.4 Å². The Morgan fingerprint density at radius 3 is 2.14 bits per heavy atom. The van der Waals surface area contributed by atoms with E-state index in [9.17, 15) is 9.59 Å². The van der Waals surface area contributed by atoms with Crippen LogP contribution in [0.25, 0.3) is 0 Å². The summed E-state index contributed by atoms with van der Waals surface area (Å²) in [4.78, 5) is 25.7. The van der Waals surface area contributed by atoms with Crippen LogP contribution in [-0.4, -0.2) is 30.9 Å². The van der Waals surface area contributed by atoms with E-state index in [1.807, 2.05) is 38.1 Å². The summed E-state index contributed by atoms with van der Waals surface area (Å²) in [6.45, 7) is 10.0. The lowest BCUT2D eigenvalue weighted by molar-refractivity contribution is -0.127. The Kier molecular flexibility index (Phi) is 7.43. The maximum absolute atomic E-state index is 11.8. The molecule has 1 aromatic rings. The summed E-state index contributed by atoms with van der Waals surface area (Å²) in [6.07, 6.45) is 0.697. The minimum Gasteiger partial charge on any atom is -0.372 e. The average Bonchev–Trinajstić information content (AvgIpc) is 2.49. The summed E-state index contributed by atoms with van der Waals surface area (Å²) in [7, 11) is 0. The van der Waals surface area contributed by atoms with Crippen LogP contribution in [0.2, 0.25) is 0 Å². The summed E-state index contributed by atoms with van der Waals surface area (Å²) in [5, 5.41) is 5.53. The molecule has 0 bridgehead atoms. The van der Waals surface area contributed by atoms with E-state index in [4.69, 9.17) is 0 Å². The minimum atomic E-state index is -0.295. The SMILES string of the molecule is CCC(C)NC(=O)CC(=O)Nc1ccc(N(CC)CC)cc1. The number of amides is 2. The molecule has 2 amide bonds. The van der Waals surface area contributed by atoms with Crippen LogP contribution in [0.4, 0.5) is 11.4 Å². The topological polar surface area (TPSA) is 61.4 Å². The number of nitrogens with zero attached hydrogens (tertiary/aromatic N) is 1. The summed E-state index contributed by atoms with van der Waals surface area (Å²) < 4.78 is 0. The highest BCUT2D eigenvalue weighted by molar-refractivity contribution is 6.03. The molecule has 2 N–H and O–H groups in total. The monoisotopic (exact) mass is 305 g/mol. The van der Waals surface area contributed by atoms with Crippen LogP contribution in [0.3, 0.4) is 0 Å². The van der Waals surface area contributed by atoms with Crippen molar-refractivity contribution in [3.63, 3.8) is 0 Å². The lowest BCUT2D eigenvalue weighted by Gasteiger charge is -2.21. The molecule has 1 aromatic carbocycles. The largest absolute Gasteiger partial charge is 0.372 e. The summed E-state index contributed by atoms with van der Waals surface area (Å²) in [5.74, 6) is -0.539. The van der Waals surface area contributed by atoms with Crippen LogP contribution in [0.1, 0.15) is 40.5 Å². The van der Waals surface area contributed by atoms with E-state index in [1.165, 1.54) is 0 Å². The first-order valence-corrected chi connectivity index (χ1v) is 7.94. The molecule has 0 fully saturated rings. The molecule has 0 spiro atoms. The highest BCUT2D eigenvalue weighted by Gasteiger charge is 2.11. The maximum Gasteiger partial charge on any atom is 0.233 e. The van der Waals surface area contributed by atoms with Crippen LogP contribution >= 0.6 is 0 Å². The van der Waals surface area contributed by atoms with E-state index in [0.29, 0.717) is 5.69 Å². The van der Waals surface area contributed by atoms with Crippen LogP contribution in [-0.2, 0) is 9.59 Å². The van der Waals surface area contributed by atoms with Crippen LogP contribution < -0.4 is 15.5 Å². The van der Waals surface area contributed by atoms with Gasteiger partial charge in [-0.25, -0.2) is 0 Å². The summed E-state index contributed by atoms with van der Waals surface area (Å²) >= 11 is 0. The lowest BCUT2D eigenvalue weighted by Crippen LogP contribution is -2.34. The Labute approximate surface area is 133 Å². The van der Waals surface area contributed by atoms with Crippen LogP contribution in [0.15, 0.2) is 24.3 Å². The Hall–Kier alpha value is -2.04. The number of carbonyl (C=O) groups is 2. The highest BCUT2D eigenvalue weighted by atomic mass is 16.2. The summed E-state index contributed by atoms with van der Waals surface area (Å²) in [6, 6.07) is 7.76. The number of hydrogen-bond acceptors (Lipinski definition) is 3. The van der Waals surface area contributed by atoms with Gasteiger partial charge in [0.2, 0.25) is 11.8 Å². The van der Waals surface area contributed by atoms with Crippen molar-refractivity contribution >= 4 is 23.2 Å². The zero-order chi connectivity index (χ0) is 16.5. The Morgan fingerprint density at radius 2 is 1.64 bits per heavy atom. The van der Waals surface area contributed by atoms with Gasteiger partial charge in [0.05, 0.1) is 0 Å². The number of hydrogen-bond donors (Lipinski definition) is 2. The van der Waals surface area contributed by atoms with Gasteiger partial charge in [-0.2, -0.15) is 0 Å². The van der Waals surface area contributed by atoms with Crippen LogP contribution in [0, 0.1) is 0 Å². The quantitative estimate of drug-likeness (QED) is 0.726. The molecule has 0 radical (unpaired) electrons. The fraction of sp³-hybridized carbons (Fsp3) is 0.529. The average molecular weight is 305 g/mol. The third kappa shape index (κ3) is 5.76. The first kappa shape index (κ1) is 18.0. The second-order valence-corrected chi connectivity index (χ2v) is 5.32. The number of benzene rings is 1. The van der Waals surface area contributed by atoms with Gasteiger partial charge in [0.15, 0.2) is 0 Å². The predicted molar refractivity (Wildman–Crippen MR) is 91.1 cm³/mol. The van der Waals surface area contributed by atoms with E-state index in [1.54, 1.807) is 0 Å². The maximum atomic E-state index is 11.8. The third-order valence-corrected chi connectivity index (χ3v) is 3.62. The standard InChI is InChI=1S/C17H27N3O2/c1-5-13(4)18-16(21)12-17(22)19-14-8-10-15(11-9-14)20(6-2)7-3/h8-11,13H,5-7,12H2,1-4H3,(H,18,21)(H,19,22). The van der Waals surface area contributed by atoms with E-state index >= 15 is 0 Å². The van der Waals surface area contributed by atoms with Gasteiger partial charge in [0.25, 0.3) is 0 Å². The first-order chi connectivity index (χ1) is 10.5. The molecule has 1 atom stereocenters. The van der Waals surface area contributed by atoms with Crippen molar-refractivity contribution in [3.05, 3.63) is 24.3 Å². The molecule has 5 nitrogen and oxygen atoms in total. The Balaban J connectivity index is 2.53. The first-order valence-electron chi connectivity index (χ1n) is 7.94. The lowest BCUT2D eigenvalue weighted by atomic mass is 10.2. The molecule has 22 heavy (non-hydrogen) atoms. The van der Waals surface area contributed by atoms with E-state index in [-0.39, 0.29) is 24.3 Å². The molecule has 0 aliphatic carbocycles. The van der Waals surface area contributed by atoms with Crippen molar-refractivity contribution in [3.8, 4) is 0 Å². The number of rotatable bonds is 8. The predicted octanol–water partition coefficient (Wildman–Crippen LogP) is 2.78. The Morgan fingerprint density at radius 1 is 1.05 bits per heavy atom. The number of nitrogens with one attached hydrogen (secondary N) is 2. The van der Waals surface area contributed by atoms with Gasteiger partial charge in [-0.15, -0.1) is 0 Å². The third-order valence-electron chi connectivity index (χ3n) is 3.62.